The molecule has 0 unspecified atom stereocenters. The van der Waals surface area contributed by atoms with Crippen LogP contribution in [-0.4, -0.2) is 17.9 Å². The lowest BCUT2D eigenvalue weighted by Gasteiger charge is -2.14. The van der Waals surface area contributed by atoms with E-state index in [0.717, 1.165) is 6.07 Å². The minimum atomic E-state index is -0.645. The third-order valence-corrected chi connectivity index (χ3v) is 4.39. The first kappa shape index (κ1) is 18.0. The molecular weight excluding hydrogens is 360 g/mol. The normalized spacial score (nSPS) is 10.6. The number of ether oxygens (including phenoxy) is 2. The molecule has 0 aliphatic rings. The van der Waals surface area contributed by atoms with Crippen molar-refractivity contribution in [2.75, 3.05) is 7.11 Å². The van der Waals surface area contributed by atoms with Gasteiger partial charge in [-0.05, 0) is 18.2 Å². The molecule has 2 aromatic carbocycles. The first-order chi connectivity index (χ1) is 12.6. The van der Waals surface area contributed by atoms with Gasteiger partial charge < -0.3 is 9.47 Å². The zero-order valence-corrected chi connectivity index (χ0v) is 14.7. The number of ketones is 1. The molecule has 0 aliphatic carbocycles. The third kappa shape index (κ3) is 4.23. The fraction of sp³-hybridized carbons (Fsp3) is 0.158. The molecule has 0 bridgehead atoms. The van der Waals surface area contributed by atoms with Crippen LogP contribution in [0.2, 0.25) is 0 Å². The van der Waals surface area contributed by atoms with Crippen LogP contribution in [0.4, 0.5) is 8.78 Å². The number of hydrogen-bond acceptors (Lipinski definition) is 5. The van der Waals surface area contributed by atoms with Gasteiger partial charge in [0, 0.05) is 29.6 Å². The highest BCUT2D eigenvalue weighted by atomic mass is 32.1. The Bertz CT molecular complexity index is 913. The van der Waals surface area contributed by atoms with Gasteiger partial charge in [-0.2, -0.15) is 0 Å². The smallest absolute Gasteiger partial charge is 0.204 e. The number of para-hydroxylation sites is 1. The largest absolute Gasteiger partial charge is 0.493 e. The van der Waals surface area contributed by atoms with Crippen molar-refractivity contribution in [1.29, 1.82) is 0 Å². The Kier molecular flexibility index (Phi) is 5.58. The quantitative estimate of drug-likeness (QED) is 0.607. The number of carbonyl (C=O) groups excluding carboxylic acids is 1. The zero-order chi connectivity index (χ0) is 18.5. The summed E-state index contributed by atoms with van der Waals surface area (Å²) in [4.78, 5) is 16.4. The number of Topliss-reactive ketones (excluding diaryl/α,β-unsaturated/α-hetero) is 1. The number of nitrogens with zero attached hydrogens (tertiary/aromatic N) is 1. The van der Waals surface area contributed by atoms with Gasteiger partial charge in [0.05, 0.1) is 18.5 Å². The average Bonchev–Trinajstić information content (AvgIpc) is 3.12. The van der Waals surface area contributed by atoms with Crippen molar-refractivity contribution in [2.45, 2.75) is 12.8 Å². The molecule has 0 amide bonds. The lowest BCUT2D eigenvalue weighted by atomic mass is 10.1. The van der Waals surface area contributed by atoms with Crippen LogP contribution in [0.5, 0.6) is 17.2 Å². The zero-order valence-electron chi connectivity index (χ0n) is 13.9. The van der Waals surface area contributed by atoms with E-state index in [0.29, 0.717) is 10.6 Å². The van der Waals surface area contributed by atoms with Crippen molar-refractivity contribution in [3.05, 3.63) is 70.2 Å². The van der Waals surface area contributed by atoms with E-state index in [9.17, 15) is 13.6 Å². The Balaban J connectivity index is 1.86. The van der Waals surface area contributed by atoms with Crippen LogP contribution in [0, 0.1) is 11.6 Å². The average molecular weight is 375 g/mol. The molecule has 7 heteroatoms. The lowest BCUT2D eigenvalue weighted by molar-refractivity contribution is -0.117. The maximum Gasteiger partial charge on any atom is 0.204 e. The summed E-state index contributed by atoms with van der Waals surface area (Å²) in [6.07, 6.45) is 1.83. The van der Waals surface area contributed by atoms with Gasteiger partial charge in [-0.25, -0.2) is 13.8 Å². The maximum atomic E-state index is 14.1. The number of methoxy groups -OCH3 is 1. The second-order valence-electron chi connectivity index (χ2n) is 5.44. The highest BCUT2D eigenvalue weighted by molar-refractivity contribution is 7.09. The summed E-state index contributed by atoms with van der Waals surface area (Å²) < 4.78 is 38.4. The molecule has 3 aromatic rings. The summed E-state index contributed by atoms with van der Waals surface area (Å²) in [5.74, 6) is -1.21. The van der Waals surface area contributed by atoms with Gasteiger partial charge in [0.1, 0.15) is 17.3 Å². The van der Waals surface area contributed by atoms with E-state index in [4.69, 9.17) is 9.47 Å². The number of aromatic nitrogens is 1. The van der Waals surface area contributed by atoms with Crippen LogP contribution in [0.3, 0.4) is 0 Å². The summed E-state index contributed by atoms with van der Waals surface area (Å²) in [6.45, 7) is 0. The SMILES string of the molecule is COc1cccc(F)c1Oc1cc(F)ccc1CC(=O)Cc1nccs1. The monoisotopic (exact) mass is 375 g/mol. The molecule has 4 nitrogen and oxygen atoms in total. The summed E-state index contributed by atoms with van der Waals surface area (Å²) in [5.41, 5.74) is 0.457. The first-order valence-electron chi connectivity index (χ1n) is 7.75. The molecule has 3 rings (SSSR count). The Morgan fingerprint density at radius 3 is 2.73 bits per heavy atom. The van der Waals surface area contributed by atoms with Crippen LogP contribution in [0.25, 0.3) is 0 Å². The van der Waals surface area contributed by atoms with E-state index in [2.05, 4.69) is 4.98 Å². The molecule has 1 heterocycles. The molecule has 0 N–H and O–H groups in total. The second kappa shape index (κ2) is 8.05. The van der Waals surface area contributed by atoms with Gasteiger partial charge in [-0.3, -0.25) is 4.79 Å². The Morgan fingerprint density at radius 2 is 2.00 bits per heavy atom. The molecule has 0 radical (unpaired) electrons. The standard InChI is InChI=1S/C19H15F2NO3S/c1-24-16-4-2-3-15(21)19(16)25-17-10-13(20)6-5-12(17)9-14(23)11-18-22-7-8-26-18/h2-8,10H,9,11H2,1H3. The number of thiazole rings is 1. The van der Waals surface area contributed by atoms with E-state index in [1.54, 1.807) is 11.6 Å². The van der Waals surface area contributed by atoms with Crippen LogP contribution in [-0.2, 0) is 17.6 Å². The summed E-state index contributed by atoms with van der Waals surface area (Å²) in [5, 5.41) is 2.50. The van der Waals surface area contributed by atoms with Crippen molar-refractivity contribution >= 4 is 17.1 Å². The van der Waals surface area contributed by atoms with Crippen LogP contribution in [0.15, 0.2) is 48.0 Å². The number of rotatable bonds is 7. The van der Waals surface area contributed by atoms with Crippen molar-refractivity contribution in [3.8, 4) is 17.2 Å². The fourth-order valence-corrected chi connectivity index (χ4v) is 3.06. The molecule has 0 spiro atoms. The second-order valence-corrected chi connectivity index (χ2v) is 6.42. The topological polar surface area (TPSA) is 48.4 Å². The summed E-state index contributed by atoms with van der Waals surface area (Å²) in [6, 6.07) is 8.04. The minimum absolute atomic E-state index is 0.0198. The molecule has 26 heavy (non-hydrogen) atoms. The van der Waals surface area contributed by atoms with Crippen molar-refractivity contribution < 1.29 is 23.0 Å². The van der Waals surface area contributed by atoms with Gasteiger partial charge >= 0.3 is 0 Å². The molecule has 0 aliphatic heterocycles. The van der Waals surface area contributed by atoms with E-state index in [1.165, 1.54) is 48.8 Å². The predicted molar refractivity (Wildman–Crippen MR) is 94.0 cm³/mol. The highest BCUT2D eigenvalue weighted by Crippen LogP contribution is 2.36. The maximum absolute atomic E-state index is 14.1. The summed E-state index contributed by atoms with van der Waals surface area (Å²) >= 11 is 1.39. The van der Waals surface area contributed by atoms with Gasteiger partial charge in [-0.1, -0.05) is 12.1 Å². The number of hydrogen-bond donors (Lipinski definition) is 0. The van der Waals surface area contributed by atoms with E-state index in [-0.39, 0.29) is 35.9 Å². The third-order valence-electron chi connectivity index (χ3n) is 3.61. The highest BCUT2D eigenvalue weighted by Gasteiger charge is 2.17. The molecule has 0 saturated carbocycles. The van der Waals surface area contributed by atoms with Crippen molar-refractivity contribution in [1.82, 2.24) is 4.98 Å². The van der Waals surface area contributed by atoms with Crippen LogP contribution in [0.1, 0.15) is 10.6 Å². The van der Waals surface area contributed by atoms with Crippen LogP contribution >= 0.6 is 11.3 Å². The van der Waals surface area contributed by atoms with Crippen molar-refractivity contribution in [2.24, 2.45) is 0 Å². The van der Waals surface area contributed by atoms with E-state index in [1.807, 2.05) is 0 Å². The molecule has 1 aromatic heterocycles. The Labute approximate surface area is 153 Å². The predicted octanol–water partition coefficient (Wildman–Crippen LogP) is 4.58. The molecular formula is C19H15F2NO3S. The molecule has 0 fully saturated rings. The molecule has 134 valence electrons. The number of benzene rings is 2. The minimum Gasteiger partial charge on any atom is -0.493 e. The lowest BCUT2D eigenvalue weighted by Crippen LogP contribution is -2.08. The first-order valence-corrected chi connectivity index (χ1v) is 8.63. The molecule has 0 saturated heterocycles. The van der Waals surface area contributed by atoms with Gasteiger partial charge in [0.25, 0.3) is 0 Å². The van der Waals surface area contributed by atoms with Gasteiger partial charge in [0.15, 0.2) is 11.6 Å². The Morgan fingerprint density at radius 1 is 1.15 bits per heavy atom. The Hall–Kier alpha value is -2.80. The fourth-order valence-electron chi connectivity index (χ4n) is 2.41. The molecule has 0 atom stereocenters. The number of halogens is 2. The van der Waals surface area contributed by atoms with Gasteiger partial charge in [-0.15, -0.1) is 11.3 Å². The van der Waals surface area contributed by atoms with Crippen molar-refractivity contribution in [3.63, 3.8) is 0 Å². The van der Waals surface area contributed by atoms with E-state index < -0.39 is 11.6 Å². The van der Waals surface area contributed by atoms with E-state index >= 15 is 0 Å². The van der Waals surface area contributed by atoms with Crippen LogP contribution < -0.4 is 9.47 Å². The van der Waals surface area contributed by atoms with Gasteiger partial charge in [0.2, 0.25) is 5.75 Å². The summed E-state index contributed by atoms with van der Waals surface area (Å²) in [7, 11) is 1.38. The number of carbonyl (C=O) groups is 1.